The van der Waals surface area contributed by atoms with Crippen molar-refractivity contribution in [2.24, 2.45) is 0 Å². The normalized spacial score (nSPS) is 10.6. The second kappa shape index (κ2) is 5.45. The number of anilines is 1. The highest BCUT2D eigenvalue weighted by molar-refractivity contribution is 7.22. The number of hydrogen-bond acceptors (Lipinski definition) is 4. The Labute approximate surface area is 122 Å². The lowest BCUT2D eigenvalue weighted by molar-refractivity contribution is 0.0962. The Morgan fingerprint density at radius 3 is 2.67 bits per heavy atom. The number of rotatable bonds is 3. The molecule has 3 rings (SSSR count). The monoisotopic (exact) mass is 305 g/mol. The number of carbonyl (C=O) groups excluding carboxylic acids is 1. The van der Waals surface area contributed by atoms with Gasteiger partial charge in [-0.1, -0.05) is 23.5 Å². The Hall–Kier alpha value is -2.54. The van der Waals surface area contributed by atoms with E-state index < -0.39 is 17.5 Å². The summed E-state index contributed by atoms with van der Waals surface area (Å²) < 4.78 is 26.8. The quantitative estimate of drug-likeness (QED) is 0.730. The Balaban J connectivity index is 1.71. The van der Waals surface area contributed by atoms with Crippen molar-refractivity contribution >= 4 is 32.6 Å². The highest BCUT2D eigenvalue weighted by Crippen LogP contribution is 2.24. The van der Waals surface area contributed by atoms with Crippen LogP contribution in [-0.4, -0.2) is 10.9 Å². The molecule has 2 N–H and O–H groups in total. The summed E-state index contributed by atoms with van der Waals surface area (Å²) in [7, 11) is 0. The molecule has 0 radical (unpaired) electrons. The van der Waals surface area contributed by atoms with Gasteiger partial charge in [0, 0.05) is 5.56 Å². The first-order valence-electron chi connectivity index (χ1n) is 6.00. The Bertz CT molecular complexity index is 786. The third kappa shape index (κ3) is 2.82. The summed E-state index contributed by atoms with van der Waals surface area (Å²) in [5.74, 6) is -2.64. The van der Waals surface area contributed by atoms with E-state index in [1.165, 1.54) is 17.4 Å². The predicted octanol–water partition coefficient (Wildman–Crippen LogP) is 3.33. The van der Waals surface area contributed by atoms with Gasteiger partial charge in [-0.3, -0.25) is 15.6 Å². The van der Waals surface area contributed by atoms with Crippen molar-refractivity contribution < 1.29 is 13.6 Å². The lowest BCUT2D eigenvalue weighted by Crippen LogP contribution is -2.29. The molecule has 4 nitrogen and oxygen atoms in total. The van der Waals surface area contributed by atoms with Gasteiger partial charge in [-0.2, -0.15) is 0 Å². The smallest absolute Gasteiger partial charge is 0.269 e. The van der Waals surface area contributed by atoms with E-state index in [0.717, 1.165) is 22.3 Å². The van der Waals surface area contributed by atoms with Gasteiger partial charge in [0.2, 0.25) is 5.13 Å². The number of aromatic nitrogens is 1. The molecule has 0 unspecified atom stereocenters. The molecule has 2 aromatic carbocycles. The number of para-hydroxylation sites is 1. The Morgan fingerprint density at radius 1 is 1.10 bits per heavy atom. The van der Waals surface area contributed by atoms with Crippen molar-refractivity contribution in [3.8, 4) is 0 Å². The van der Waals surface area contributed by atoms with Gasteiger partial charge in [0.1, 0.15) is 0 Å². The van der Waals surface area contributed by atoms with Crippen LogP contribution in [-0.2, 0) is 0 Å². The number of nitrogens with zero attached hydrogens (tertiary/aromatic N) is 1. The van der Waals surface area contributed by atoms with Crippen LogP contribution in [0.2, 0.25) is 0 Å². The minimum atomic E-state index is -1.07. The fourth-order valence-electron chi connectivity index (χ4n) is 1.75. The van der Waals surface area contributed by atoms with E-state index in [0.29, 0.717) is 5.13 Å². The van der Waals surface area contributed by atoms with Crippen molar-refractivity contribution in [2.45, 2.75) is 0 Å². The third-order valence-corrected chi connectivity index (χ3v) is 3.71. The van der Waals surface area contributed by atoms with E-state index >= 15 is 0 Å². The van der Waals surface area contributed by atoms with E-state index in [-0.39, 0.29) is 5.56 Å². The fourth-order valence-corrected chi connectivity index (χ4v) is 2.56. The molecule has 0 saturated carbocycles. The first kappa shape index (κ1) is 13.4. The van der Waals surface area contributed by atoms with E-state index in [4.69, 9.17) is 0 Å². The fraction of sp³-hybridized carbons (Fsp3) is 0. The molecule has 3 aromatic rings. The maximum atomic E-state index is 13.1. The molecule has 0 atom stereocenters. The average molecular weight is 305 g/mol. The molecule has 21 heavy (non-hydrogen) atoms. The molecule has 0 aliphatic heterocycles. The van der Waals surface area contributed by atoms with Crippen LogP contribution in [0.15, 0.2) is 42.5 Å². The van der Waals surface area contributed by atoms with E-state index in [1.54, 1.807) is 0 Å². The van der Waals surface area contributed by atoms with Gasteiger partial charge >= 0.3 is 0 Å². The molecule has 0 bridgehead atoms. The van der Waals surface area contributed by atoms with Gasteiger partial charge in [-0.25, -0.2) is 13.8 Å². The van der Waals surface area contributed by atoms with Crippen molar-refractivity contribution in [2.75, 3.05) is 5.43 Å². The lowest BCUT2D eigenvalue weighted by atomic mass is 10.2. The number of halogens is 2. The Morgan fingerprint density at radius 2 is 1.90 bits per heavy atom. The highest BCUT2D eigenvalue weighted by atomic mass is 32.1. The summed E-state index contributed by atoms with van der Waals surface area (Å²) in [4.78, 5) is 16.1. The van der Waals surface area contributed by atoms with E-state index in [2.05, 4.69) is 15.8 Å². The average Bonchev–Trinajstić information content (AvgIpc) is 2.90. The number of thiazole rings is 1. The zero-order chi connectivity index (χ0) is 14.8. The van der Waals surface area contributed by atoms with Crippen LogP contribution in [0.25, 0.3) is 10.2 Å². The molecule has 0 saturated heterocycles. The molecule has 0 spiro atoms. The Kier molecular flexibility index (Phi) is 3.49. The molecule has 7 heteroatoms. The predicted molar refractivity (Wildman–Crippen MR) is 77.1 cm³/mol. The van der Waals surface area contributed by atoms with Crippen molar-refractivity contribution in [3.05, 3.63) is 59.7 Å². The van der Waals surface area contributed by atoms with Crippen LogP contribution in [0.4, 0.5) is 13.9 Å². The number of hydrogen-bond donors (Lipinski definition) is 2. The number of fused-ring (bicyclic) bond motifs is 1. The van der Waals surface area contributed by atoms with Crippen LogP contribution < -0.4 is 10.9 Å². The van der Waals surface area contributed by atoms with Crippen LogP contribution in [0.5, 0.6) is 0 Å². The molecule has 1 aromatic heterocycles. The zero-order valence-corrected chi connectivity index (χ0v) is 11.4. The van der Waals surface area contributed by atoms with Crippen LogP contribution >= 0.6 is 11.3 Å². The summed E-state index contributed by atoms with van der Waals surface area (Å²) in [5.41, 5.74) is 5.88. The number of carbonyl (C=O) groups is 1. The summed E-state index contributed by atoms with van der Waals surface area (Å²) in [5, 5.41) is 0.507. The minimum absolute atomic E-state index is 0.0162. The van der Waals surface area contributed by atoms with Crippen molar-refractivity contribution in [1.82, 2.24) is 10.4 Å². The molecule has 106 valence electrons. The molecular formula is C14H9F2N3OS. The first-order chi connectivity index (χ1) is 10.1. The maximum absolute atomic E-state index is 13.1. The summed E-state index contributed by atoms with van der Waals surface area (Å²) in [6.45, 7) is 0. The molecule has 0 aliphatic carbocycles. The number of hydrazine groups is 1. The molecular weight excluding hydrogens is 296 g/mol. The SMILES string of the molecule is O=C(NNc1nc2ccccc2s1)c1ccc(F)c(F)c1. The molecule has 1 heterocycles. The molecule has 1 amide bonds. The summed E-state index contributed by atoms with van der Waals surface area (Å²) in [6, 6.07) is 10.5. The first-order valence-corrected chi connectivity index (χ1v) is 6.82. The van der Waals surface area contributed by atoms with Gasteiger partial charge in [0.05, 0.1) is 10.2 Å². The van der Waals surface area contributed by atoms with E-state index in [9.17, 15) is 13.6 Å². The number of benzene rings is 2. The van der Waals surface area contributed by atoms with E-state index in [1.807, 2.05) is 24.3 Å². The van der Waals surface area contributed by atoms with Crippen molar-refractivity contribution in [1.29, 1.82) is 0 Å². The van der Waals surface area contributed by atoms with Crippen LogP contribution in [0.3, 0.4) is 0 Å². The number of amides is 1. The minimum Gasteiger partial charge on any atom is -0.273 e. The second-order valence-corrected chi connectivity index (χ2v) is 5.23. The third-order valence-electron chi connectivity index (χ3n) is 2.76. The van der Waals surface area contributed by atoms with Crippen LogP contribution in [0.1, 0.15) is 10.4 Å². The van der Waals surface area contributed by atoms with Crippen LogP contribution in [0, 0.1) is 11.6 Å². The van der Waals surface area contributed by atoms with Gasteiger partial charge in [0.15, 0.2) is 11.6 Å². The summed E-state index contributed by atoms with van der Waals surface area (Å²) >= 11 is 1.37. The summed E-state index contributed by atoms with van der Waals surface area (Å²) in [6.07, 6.45) is 0. The second-order valence-electron chi connectivity index (χ2n) is 4.19. The van der Waals surface area contributed by atoms with Gasteiger partial charge in [0.25, 0.3) is 5.91 Å². The van der Waals surface area contributed by atoms with Gasteiger partial charge < -0.3 is 0 Å². The lowest BCUT2D eigenvalue weighted by Gasteiger charge is -2.05. The zero-order valence-electron chi connectivity index (χ0n) is 10.6. The standard InChI is InChI=1S/C14H9F2N3OS/c15-9-6-5-8(7-10(9)16)13(20)18-19-14-17-11-3-1-2-4-12(11)21-14/h1-7H,(H,17,19)(H,18,20). The molecule has 0 fully saturated rings. The van der Waals surface area contributed by atoms with Crippen molar-refractivity contribution in [3.63, 3.8) is 0 Å². The van der Waals surface area contributed by atoms with Gasteiger partial charge in [-0.15, -0.1) is 0 Å². The topological polar surface area (TPSA) is 54.0 Å². The van der Waals surface area contributed by atoms with Gasteiger partial charge in [-0.05, 0) is 30.3 Å². The molecule has 0 aliphatic rings. The highest BCUT2D eigenvalue weighted by Gasteiger charge is 2.10. The number of nitrogens with one attached hydrogen (secondary N) is 2. The maximum Gasteiger partial charge on any atom is 0.269 e. The largest absolute Gasteiger partial charge is 0.273 e.